The molecule has 1 unspecified atom stereocenters. The number of piperidine rings is 1. The number of carbonyl (C=O) groups is 2. The molecule has 0 saturated carbocycles. The number of likely N-dealkylation sites (tertiary alicyclic amines) is 1. The van der Waals surface area contributed by atoms with Crippen molar-refractivity contribution >= 4 is 11.8 Å². The molecule has 0 aliphatic carbocycles. The van der Waals surface area contributed by atoms with Gasteiger partial charge in [0, 0.05) is 38.4 Å². The average Bonchev–Trinajstić information content (AvgIpc) is 3.12. The van der Waals surface area contributed by atoms with Crippen molar-refractivity contribution in [2.75, 3.05) is 19.6 Å². The van der Waals surface area contributed by atoms with E-state index in [9.17, 15) is 9.59 Å². The fourth-order valence-corrected chi connectivity index (χ4v) is 3.59. The van der Waals surface area contributed by atoms with E-state index in [0.29, 0.717) is 6.42 Å². The number of amides is 2. The van der Waals surface area contributed by atoms with Gasteiger partial charge < -0.3 is 14.8 Å². The lowest BCUT2D eigenvalue weighted by molar-refractivity contribution is -0.137. The number of nitrogens with one attached hydrogen (secondary N) is 1. The monoisotopic (exact) mass is 289 g/mol. The summed E-state index contributed by atoms with van der Waals surface area (Å²) in [4.78, 5) is 26.1. The van der Waals surface area contributed by atoms with Crippen LogP contribution in [0, 0.1) is 5.41 Å². The van der Waals surface area contributed by atoms with E-state index >= 15 is 0 Å². The van der Waals surface area contributed by atoms with E-state index in [1.807, 2.05) is 40.9 Å². The second-order valence-electron chi connectivity index (χ2n) is 6.33. The van der Waals surface area contributed by atoms with Crippen molar-refractivity contribution in [3.8, 4) is 0 Å². The molecule has 1 spiro atoms. The minimum atomic E-state index is -0.0996. The maximum Gasteiger partial charge on any atom is 0.245 e. The third-order valence-electron chi connectivity index (χ3n) is 4.99. The van der Waals surface area contributed by atoms with Crippen LogP contribution >= 0.6 is 0 Å². The molecular weight excluding hydrogens is 266 g/mol. The zero-order valence-electron chi connectivity index (χ0n) is 12.5. The topological polar surface area (TPSA) is 54.3 Å². The number of nitrogens with zero attached hydrogens (tertiary/aromatic N) is 2. The minimum Gasteiger partial charge on any atom is -0.356 e. The molecule has 2 fully saturated rings. The van der Waals surface area contributed by atoms with Crippen LogP contribution < -0.4 is 5.32 Å². The van der Waals surface area contributed by atoms with Crippen LogP contribution in [-0.4, -0.2) is 40.9 Å². The summed E-state index contributed by atoms with van der Waals surface area (Å²) < 4.78 is 1.99. The van der Waals surface area contributed by atoms with Crippen LogP contribution in [0.25, 0.3) is 0 Å². The van der Waals surface area contributed by atoms with Crippen molar-refractivity contribution in [2.24, 2.45) is 5.41 Å². The number of aromatic nitrogens is 1. The van der Waals surface area contributed by atoms with Gasteiger partial charge in [0.05, 0.1) is 0 Å². The van der Waals surface area contributed by atoms with E-state index in [0.717, 1.165) is 38.9 Å². The van der Waals surface area contributed by atoms with Gasteiger partial charge in [-0.05, 0) is 36.8 Å². The zero-order chi connectivity index (χ0) is 14.9. The Morgan fingerprint density at radius 3 is 2.52 bits per heavy atom. The van der Waals surface area contributed by atoms with Crippen LogP contribution in [0.5, 0.6) is 0 Å². The first-order valence-corrected chi connectivity index (χ1v) is 7.81. The van der Waals surface area contributed by atoms with E-state index in [2.05, 4.69) is 5.32 Å². The molecule has 1 aromatic heterocycles. The highest BCUT2D eigenvalue weighted by molar-refractivity contribution is 5.81. The lowest BCUT2D eigenvalue weighted by atomic mass is 9.77. The third kappa shape index (κ3) is 2.69. The molecule has 5 heteroatoms. The molecule has 3 rings (SSSR count). The molecule has 1 atom stereocenters. The molecule has 1 N–H and O–H groups in total. The summed E-state index contributed by atoms with van der Waals surface area (Å²) in [6, 6.07) is 3.81. The molecule has 2 amide bonds. The maximum atomic E-state index is 12.7. The Hall–Kier alpha value is -1.78. The van der Waals surface area contributed by atoms with Crippen molar-refractivity contribution in [2.45, 2.75) is 38.6 Å². The highest BCUT2D eigenvalue weighted by Crippen LogP contribution is 2.38. The Morgan fingerprint density at radius 2 is 2.00 bits per heavy atom. The molecule has 0 bridgehead atoms. The minimum absolute atomic E-state index is 0.0996. The third-order valence-corrected chi connectivity index (χ3v) is 4.99. The van der Waals surface area contributed by atoms with Crippen molar-refractivity contribution in [3.63, 3.8) is 0 Å². The summed E-state index contributed by atoms with van der Waals surface area (Å²) in [6.45, 7) is 4.37. The standard InChI is InChI=1S/C16H23N3O2/c1-2-13(18-7-3-4-8-18)15(21)19-9-5-16(6-10-19)11-14(20)17-12-16/h3-4,7-8,13H,2,5-6,9-12H2,1H3,(H,17,20). The Labute approximate surface area is 125 Å². The largest absolute Gasteiger partial charge is 0.356 e. The van der Waals surface area contributed by atoms with Gasteiger partial charge in [-0.3, -0.25) is 9.59 Å². The summed E-state index contributed by atoms with van der Waals surface area (Å²) in [6.07, 6.45) is 7.20. The molecule has 1 aromatic rings. The van der Waals surface area contributed by atoms with Crippen LogP contribution in [0.1, 0.15) is 38.6 Å². The number of hydrogen-bond acceptors (Lipinski definition) is 2. The first kappa shape index (κ1) is 14.2. The van der Waals surface area contributed by atoms with E-state index in [1.54, 1.807) is 0 Å². The normalized spacial score (nSPS) is 22.3. The van der Waals surface area contributed by atoms with Crippen molar-refractivity contribution < 1.29 is 9.59 Å². The van der Waals surface area contributed by atoms with Gasteiger partial charge >= 0.3 is 0 Å². The Balaban J connectivity index is 1.63. The van der Waals surface area contributed by atoms with Crippen LogP contribution in [0.4, 0.5) is 0 Å². The SMILES string of the molecule is CCC(C(=O)N1CCC2(CC1)CNC(=O)C2)n1cccc1. The average molecular weight is 289 g/mol. The second-order valence-corrected chi connectivity index (χ2v) is 6.33. The molecule has 3 heterocycles. The van der Waals surface area contributed by atoms with E-state index < -0.39 is 0 Å². The van der Waals surface area contributed by atoms with Gasteiger partial charge in [0.25, 0.3) is 0 Å². The second kappa shape index (κ2) is 5.54. The van der Waals surface area contributed by atoms with Crippen molar-refractivity contribution in [3.05, 3.63) is 24.5 Å². The molecule has 0 radical (unpaired) electrons. The highest BCUT2D eigenvalue weighted by Gasteiger charge is 2.42. The van der Waals surface area contributed by atoms with Crippen LogP contribution in [0.2, 0.25) is 0 Å². The summed E-state index contributed by atoms with van der Waals surface area (Å²) in [5, 5.41) is 2.93. The molecule has 2 aliphatic rings. The first-order chi connectivity index (χ1) is 10.1. The lowest BCUT2D eigenvalue weighted by Gasteiger charge is -2.39. The molecule has 2 saturated heterocycles. The van der Waals surface area contributed by atoms with Crippen LogP contribution in [0.3, 0.4) is 0 Å². The summed E-state index contributed by atoms with van der Waals surface area (Å²) in [7, 11) is 0. The summed E-state index contributed by atoms with van der Waals surface area (Å²) in [5.41, 5.74) is 0.100. The molecule has 2 aliphatic heterocycles. The van der Waals surface area contributed by atoms with E-state index in [1.165, 1.54) is 0 Å². The molecular formula is C16H23N3O2. The van der Waals surface area contributed by atoms with Gasteiger partial charge in [-0.1, -0.05) is 6.92 Å². The molecule has 0 aromatic carbocycles. The van der Waals surface area contributed by atoms with Gasteiger partial charge in [0.2, 0.25) is 11.8 Å². The summed E-state index contributed by atoms with van der Waals surface area (Å²) >= 11 is 0. The fraction of sp³-hybridized carbons (Fsp3) is 0.625. The summed E-state index contributed by atoms with van der Waals surface area (Å²) in [5.74, 6) is 0.370. The highest BCUT2D eigenvalue weighted by atomic mass is 16.2. The van der Waals surface area contributed by atoms with Gasteiger partial charge in [-0.15, -0.1) is 0 Å². The Morgan fingerprint density at radius 1 is 1.33 bits per heavy atom. The van der Waals surface area contributed by atoms with Crippen molar-refractivity contribution in [1.29, 1.82) is 0 Å². The number of hydrogen-bond donors (Lipinski definition) is 1. The first-order valence-electron chi connectivity index (χ1n) is 7.81. The van der Waals surface area contributed by atoms with E-state index in [4.69, 9.17) is 0 Å². The van der Waals surface area contributed by atoms with Gasteiger partial charge in [-0.25, -0.2) is 0 Å². The Bertz CT molecular complexity index is 516. The smallest absolute Gasteiger partial charge is 0.245 e. The quantitative estimate of drug-likeness (QED) is 0.918. The maximum absolute atomic E-state index is 12.7. The van der Waals surface area contributed by atoms with Gasteiger partial charge in [-0.2, -0.15) is 0 Å². The van der Waals surface area contributed by atoms with Crippen LogP contribution in [0.15, 0.2) is 24.5 Å². The number of carbonyl (C=O) groups excluding carboxylic acids is 2. The van der Waals surface area contributed by atoms with Crippen LogP contribution in [-0.2, 0) is 9.59 Å². The van der Waals surface area contributed by atoms with Gasteiger partial charge in [0.1, 0.15) is 6.04 Å². The molecule has 21 heavy (non-hydrogen) atoms. The van der Waals surface area contributed by atoms with E-state index in [-0.39, 0.29) is 23.3 Å². The van der Waals surface area contributed by atoms with Crippen molar-refractivity contribution in [1.82, 2.24) is 14.8 Å². The Kier molecular flexibility index (Phi) is 3.74. The molecule has 114 valence electrons. The fourth-order valence-electron chi connectivity index (χ4n) is 3.59. The predicted molar refractivity (Wildman–Crippen MR) is 79.6 cm³/mol. The lowest BCUT2D eigenvalue weighted by Crippen LogP contribution is -2.46. The predicted octanol–water partition coefficient (Wildman–Crippen LogP) is 1.57. The zero-order valence-corrected chi connectivity index (χ0v) is 12.5. The molecule has 5 nitrogen and oxygen atoms in total. The number of rotatable bonds is 3. The van der Waals surface area contributed by atoms with Gasteiger partial charge in [0.15, 0.2) is 0 Å².